The third-order valence-corrected chi connectivity index (χ3v) is 8.30. The monoisotopic (exact) mass is 529 g/mol. The van der Waals surface area contributed by atoms with Crippen molar-refractivity contribution in [2.45, 2.75) is 50.6 Å². The predicted octanol–water partition coefficient (Wildman–Crippen LogP) is 4.82. The molecule has 0 aliphatic carbocycles. The highest BCUT2D eigenvalue weighted by Crippen LogP contribution is 2.50. The average molecular weight is 530 g/mol. The summed E-state index contributed by atoms with van der Waals surface area (Å²) in [6, 6.07) is 4.80. The van der Waals surface area contributed by atoms with Crippen molar-refractivity contribution in [3.63, 3.8) is 0 Å². The summed E-state index contributed by atoms with van der Waals surface area (Å²) in [4.78, 5) is 37.7. The molecule has 4 rings (SSSR count). The van der Waals surface area contributed by atoms with Gasteiger partial charge in [-0.25, -0.2) is 14.8 Å². The Morgan fingerprint density at radius 2 is 1.89 bits per heavy atom. The van der Waals surface area contributed by atoms with Gasteiger partial charge in [0.05, 0.1) is 24.8 Å². The summed E-state index contributed by atoms with van der Waals surface area (Å²) < 4.78 is 11.1. The largest absolute Gasteiger partial charge is 0.496 e. The number of hydrogen-bond acceptors (Lipinski definition) is 8. The highest BCUT2D eigenvalue weighted by molar-refractivity contribution is 7.09. The van der Waals surface area contributed by atoms with E-state index in [9.17, 15) is 14.7 Å². The summed E-state index contributed by atoms with van der Waals surface area (Å²) >= 11 is 2.79. The second kappa shape index (κ2) is 10.3. The number of thiazole rings is 2. The highest BCUT2D eigenvalue weighted by atomic mass is 32.1. The molecule has 1 N–H and O–H groups in total. The van der Waals surface area contributed by atoms with Crippen LogP contribution in [-0.2, 0) is 21.4 Å². The summed E-state index contributed by atoms with van der Waals surface area (Å²) in [5, 5.41) is 15.7. The van der Waals surface area contributed by atoms with Crippen molar-refractivity contribution in [1.82, 2.24) is 14.9 Å². The Hall–Kier alpha value is -2.82. The fourth-order valence-electron chi connectivity index (χ4n) is 5.09. The average Bonchev–Trinajstić information content (AvgIpc) is 3.59. The summed E-state index contributed by atoms with van der Waals surface area (Å²) in [6.45, 7) is 6.52. The maximum atomic E-state index is 14.3. The molecule has 0 saturated carbocycles. The van der Waals surface area contributed by atoms with Gasteiger partial charge >= 0.3 is 5.97 Å². The smallest absolute Gasteiger partial charge is 0.330 e. The number of nitrogens with zero attached hydrogens (tertiary/aromatic N) is 3. The van der Waals surface area contributed by atoms with Crippen molar-refractivity contribution in [3.8, 4) is 5.75 Å². The fraction of sp³-hybridized carbons (Fsp3) is 0.462. The SMILES string of the molecule is COC[C@H]1C[C@@](Cc2nccs2)(C(=O)O)N(C(=O)c2ccc(C(C)(C)C)c(OC)c2)[C@H]1c1nccs1. The zero-order valence-electron chi connectivity index (χ0n) is 21.1. The zero-order chi connectivity index (χ0) is 26.1. The van der Waals surface area contributed by atoms with Crippen molar-refractivity contribution in [3.05, 3.63) is 62.5 Å². The van der Waals surface area contributed by atoms with Crippen molar-refractivity contribution in [1.29, 1.82) is 0 Å². The Morgan fingerprint density at radius 1 is 1.17 bits per heavy atom. The molecule has 2 aromatic heterocycles. The minimum Gasteiger partial charge on any atom is -0.496 e. The molecule has 0 unspecified atom stereocenters. The molecule has 0 spiro atoms. The molecule has 192 valence electrons. The Bertz CT molecular complexity index is 1210. The van der Waals surface area contributed by atoms with Crippen LogP contribution in [0.4, 0.5) is 0 Å². The Kier molecular flexibility index (Phi) is 7.49. The number of benzene rings is 1. The van der Waals surface area contributed by atoms with Crippen LogP contribution < -0.4 is 4.74 Å². The normalized spacial score (nSPS) is 22.1. The third kappa shape index (κ3) is 4.77. The van der Waals surface area contributed by atoms with Gasteiger partial charge in [-0.15, -0.1) is 22.7 Å². The standard InChI is InChI=1S/C26H31N3O5S2/c1-25(2,3)18-7-6-16(12-19(18)34-5)23(30)29-21(22-28-9-11-36-22)17(15-33-4)13-26(29,24(31)32)14-20-27-8-10-35-20/h6-12,17,21H,13-15H2,1-5H3,(H,31,32)/t17-,21-,26-/m1/s1. The number of aromatic nitrogens is 2. The maximum absolute atomic E-state index is 14.3. The first-order valence-corrected chi connectivity index (χ1v) is 13.4. The van der Waals surface area contributed by atoms with Crippen LogP contribution in [0.25, 0.3) is 0 Å². The number of rotatable bonds is 8. The minimum atomic E-state index is -1.51. The number of hydrogen-bond donors (Lipinski definition) is 1. The molecular formula is C26H31N3O5S2. The van der Waals surface area contributed by atoms with Crippen molar-refractivity contribution >= 4 is 34.6 Å². The third-order valence-electron chi connectivity index (χ3n) is 6.67. The van der Waals surface area contributed by atoms with Crippen LogP contribution in [0.3, 0.4) is 0 Å². The lowest BCUT2D eigenvalue weighted by Gasteiger charge is -2.37. The van der Waals surface area contributed by atoms with Crippen molar-refractivity contribution in [2.75, 3.05) is 20.8 Å². The molecule has 0 bridgehead atoms. The molecule has 1 fully saturated rings. The number of methoxy groups -OCH3 is 2. The van der Waals surface area contributed by atoms with Gasteiger partial charge in [0.15, 0.2) is 0 Å². The Labute approximate surface area is 218 Å². The molecular weight excluding hydrogens is 498 g/mol. The molecule has 3 aromatic rings. The number of amides is 1. The lowest BCUT2D eigenvalue weighted by atomic mass is 9.85. The quantitative estimate of drug-likeness (QED) is 0.446. The van der Waals surface area contributed by atoms with E-state index in [1.54, 1.807) is 38.7 Å². The lowest BCUT2D eigenvalue weighted by molar-refractivity contribution is -0.149. The van der Waals surface area contributed by atoms with E-state index in [4.69, 9.17) is 9.47 Å². The van der Waals surface area contributed by atoms with Gasteiger partial charge in [-0.1, -0.05) is 26.8 Å². The molecule has 3 heterocycles. The van der Waals surface area contributed by atoms with Crippen LogP contribution in [-0.4, -0.2) is 58.2 Å². The van der Waals surface area contributed by atoms with Crippen LogP contribution in [0.2, 0.25) is 0 Å². The van der Waals surface area contributed by atoms with E-state index in [2.05, 4.69) is 30.7 Å². The molecule has 1 aliphatic rings. The number of ether oxygens (including phenoxy) is 2. The van der Waals surface area contributed by atoms with Crippen molar-refractivity contribution in [2.24, 2.45) is 5.92 Å². The highest BCUT2D eigenvalue weighted by Gasteiger charge is 2.60. The first kappa shape index (κ1) is 26.2. The van der Waals surface area contributed by atoms with Gasteiger partial charge in [0.1, 0.15) is 16.3 Å². The van der Waals surface area contributed by atoms with Crippen LogP contribution >= 0.6 is 22.7 Å². The van der Waals surface area contributed by atoms with E-state index in [0.29, 0.717) is 27.9 Å². The number of aliphatic carboxylic acids is 1. The fourth-order valence-corrected chi connectivity index (χ4v) is 6.64. The van der Waals surface area contributed by atoms with Crippen LogP contribution in [0.5, 0.6) is 5.75 Å². The first-order valence-electron chi connectivity index (χ1n) is 11.6. The number of carboxylic acid groups (broad SMARTS) is 1. The first-order chi connectivity index (χ1) is 17.1. The molecule has 36 heavy (non-hydrogen) atoms. The maximum Gasteiger partial charge on any atom is 0.330 e. The topological polar surface area (TPSA) is 102 Å². The van der Waals surface area contributed by atoms with Crippen LogP contribution in [0, 0.1) is 5.92 Å². The van der Waals surface area contributed by atoms with E-state index in [1.165, 1.54) is 27.6 Å². The van der Waals surface area contributed by atoms with E-state index in [1.807, 2.05) is 16.8 Å². The summed E-state index contributed by atoms with van der Waals surface area (Å²) in [5.41, 5.74) is -0.374. The summed E-state index contributed by atoms with van der Waals surface area (Å²) in [6.07, 6.45) is 3.65. The van der Waals surface area contributed by atoms with Gasteiger partial charge in [0.2, 0.25) is 0 Å². The molecule has 10 heteroatoms. The Morgan fingerprint density at radius 3 is 2.44 bits per heavy atom. The van der Waals surface area contributed by atoms with Gasteiger partial charge < -0.3 is 19.5 Å². The number of carbonyl (C=O) groups excluding carboxylic acids is 1. The van der Waals surface area contributed by atoms with E-state index in [-0.39, 0.29) is 30.1 Å². The molecule has 1 amide bonds. The molecule has 1 aromatic carbocycles. The molecule has 0 radical (unpaired) electrons. The van der Waals surface area contributed by atoms with Gasteiger partial charge in [-0.2, -0.15) is 0 Å². The van der Waals surface area contributed by atoms with Gasteiger partial charge in [-0.05, 0) is 29.5 Å². The van der Waals surface area contributed by atoms with Gasteiger partial charge in [0.25, 0.3) is 5.91 Å². The van der Waals surface area contributed by atoms with E-state index >= 15 is 0 Å². The molecule has 1 aliphatic heterocycles. The number of carbonyl (C=O) groups is 2. The minimum absolute atomic E-state index is 0.102. The number of carboxylic acids is 1. The van der Waals surface area contributed by atoms with Gasteiger partial charge in [0, 0.05) is 48.2 Å². The van der Waals surface area contributed by atoms with Crippen molar-refractivity contribution < 1.29 is 24.2 Å². The van der Waals surface area contributed by atoms with Gasteiger partial charge in [-0.3, -0.25) is 4.79 Å². The Balaban J connectivity index is 1.88. The van der Waals surface area contributed by atoms with E-state index in [0.717, 1.165) is 5.56 Å². The lowest BCUT2D eigenvalue weighted by Crippen LogP contribution is -2.55. The second-order valence-electron chi connectivity index (χ2n) is 10.0. The number of likely N-dealkylation sites (tertiary alicyclic amines) is 1. The van der Waals surface area contributed by atoms with E-state index < -0.39 is 17.6 Å². The predicted molar refractivity (Wildman–Crippen MR) is 139 cm³/mol. The second-order valence-corrected chi connectivity index (χ2v) is 11.9. The summed E-state index contributed by atoms with van der Waals surface area (Å²) in [7, 11) is 3.16. The molecule has 3 atom stereocenters. The molecule has 1 saturated heterocycles. The zero-order valence-corrected chi connectivity index (χ0v) is 22.7. The van der Waals surface area contributed by atoms with Crippen LogP contribution in [0.1, 0.15) is 59.2 Å². The van der Waals surface area contributed by atoms with Crippen LogP contribution in [0.15, 0.2) is 41.4 Å². The molecule has 8 nitrogen and oxygen atoms in total. The summed E-state index contributed by atoms with van der Waals surface area (Å²) in [5.74, 6) is -1.11.